The molecule has 0 amide bonds. The molecule has 4 rings (SSSR count). The Morgan fingerprint density at radius 1 is 1.03 bits per heavy atom. The van der Waals surface area contributed by atoms with Gasteiger partial charge >= 0.3 is 0 Å². The summed E-state index contributed by atoms with van der Waals surface area (Å²) in [5, 5.41) is 45.6. The fourth-order valence-electron chi connectivity index (χ4n) is 8.04. The van der Waals surface area contributed by atoms with Gasteiger partial charge in [0, 0.05) is 5.41 Å². The van der Waals surface area contributed by atoms with Gasteiger partial charge in [0.1, 0.15) is 5.60 Å². The highest BCUT2D eigenvalue weighted by molar-refractivity contribution is 5.92. The van der Waals surface area contributed by atoms with Crippen LogP contribution in [0.15, 0.2) is 5.10 Å². The molecular formula is C22H38N4O3. The highest BCUT2D eigenvalue weighted by Gasteiger charge is 2.72. The van der Waals surface area contributed by atoms with Crippen LogP contribution in [0.3, 0.4) is 0 Å². The zero-order valence-corrected chi connectivity index (χ0v) is 18.0. The fourth-order valence-corrected chi connectivity index (χ4v) is 8.04. The quantitative estimate of drug-likeness (QED) is 0.237. The molecule has 0 saturated heterocycles. The number of guanidine groups is 1. The monoisotopic (exact) mass is 406 g/mol. The minimum Gasteiger partial charge on any atom is -0.393 e. The summed E-state index contributed by atoms with van der Waals surface area (Å²) >= 11 is 0. The van der Waals surface area contributed by atoms with E-state index < -0.39 is 16.6 Å². The predicted octanol–water partition coefficient (Wildman–Crippen LogP) is 2.09. The fraction of sp³-hybridized carbons (Fsp3) is 0.909. The van der Waals surface area contributed by atoms with Crippen LogP contribution in [0.25, 0.3) is 0 Å². The summed E-state index contributed by atoms with van der Waals surface area (Å²) in [6.45, 7) is 6.18. The third-order valence-corrected chi connectivity index (χ3v) is 9.91. The van der Waals surface area contributed by atoms with E-state index in [1.807, 2.05) is 6.92 Å². The molecule has 0 unspecified atom stereocenters. The SMILES string of the molecule is C/C(=N\NC(=N)N)[C@@]1(O)CC[C@]2(O)[C@@H]3CC[C@@H]4C[C@@H](O)CC[C@]4(C)[C@H]3CC[C@]12C. The molecule has 164 valence electrons. The molecule has 0 heterocycles. The minimum atomic E-state index is -1.21. The molecule has 0 aromatic carbocycles. The number of aliphatic hydroxyl groups excluding tert-OH is 1. The van der Waals surface area contributed by atoms with Crippen LogP contribution in [0.2, 0.25) is 0 Å². The Bertz CT molecular complexity index is 729. The lowest BCUT2D eigenvalue weighted by Crippen LogP contribution is -2.66. The van der Waals surface area contributed by atoms with Crippen LogP contribution < -0.4 is 11.2 Å². The van der Waals surface area contributed by atoms with Crippen molar-refractivity contribution >= 4 is 11.7 Å². The second-order valence-electron chi connectivity index (χ2n) is 10.8. The molecule has 7 heteroatoms. The summed E-state index contributed by atoms with van der Waals surface area (Å²) in [6.07, 6.45) is 7.38. The van der Waals surface area contributed by atoms with Crippen LogP contribution in [-0.4, -0.2) is 44.3 Å². The molecule has 4 fully saturated rings. The van der Waals surface area contributed by atoms with Gasteiger partial charge in [-0.1, -0.05) is 13.8 Å². The number of aliphatic hydroxyl groups is 3. The number of hydrazone groups is 1. The smallest absolute Gasteiger partial charge is 0.206 e. The molecule has 7 N–H and O–H groups in total. The maximum absolute atomic E-state index is 12.1. The number of rotatable bonds is 2. The number of hydrogen-bond donors (Lipinski definition) is 6. The molecule has 29 heavy (non-hydrogen) atoms. The van der Waals surface area contributed by atoms with Crippen molar-refractivity contribution in [3.63, 3.8) is 0 Å². The Balaban J connectivity index is 1.66. The van der Waals surface area contributed by atoms with E-state index >= 15 is 0 Å². The first kappa shape index (κ1) is 21.1. The van der Waals surface area contributed by atoms with Gasteiger partial charge in [0.15, 0.2) is 0 Å². The van der Waals surface area contributed by atoms with E-state index in [0.717, 1.165) is 44.9 Å². The van der Waals surface area contributed by atoms with Gasteiger partial charge in [-0.25, -0.2) is 5.43 Å². The predicted molar refractivity (Wildman–Crippen MR) is 112 cm³/mol. The van der Waals surface area contributed by atoms with Crippen LogP contribution in [0.5, 0.6) is 0 Å². The minimum absolute atomic E-state index is 0.166. The maximum atomic E-state index is 12.1. The van der Waals surface area contributed by atoms with Crippen molar-refractivity contribution in [2.45, 2.75) is 95.9 Å². The molecule has 8 atom stereocenters. The Labute approximate surface area is 173 Å². The van der Waals surface area contributed by atoms with Gasteiger partial charge in [0.25, 0.3) is 0 Å². The number of nitrogens with zero attached hydrogens (tertiary/aromatic N) is 1. The van der Waals surface area contributed by atoms with E-state index in [4.69, 9.17) is 11.1 Å². The van der Waals surface area contributed by atoms with Gasteiger partial charge in [-0.15, -0.1) is 0 Å². The van der Waals surface area contributed by atoms with Crippen molar-refractivity contribution in [3.8, 4) is 0 Å². The molecule has 4 saturated carbocycles. The van der Waals surface area contributed by atoms with Gasteiger partial charge < -0.3 is 21.1 Å². The third-order valence-electron chi connectivity index (χ3n) is 9.91. The van der Waals surface area contributed by atoms with Gasteiger partial charge in [0.2, 0.25) is 5.96 Å². The Morgan fingerprint density at radius 2 is 1.76 bits per heavy atom. The van der Waals surface area contributed by atoms with Crippen molar-refractivity contribution < 1.29 is 15.3 Å². The first-order valence-corrected chi connectivity index (χ1v) is 11.3. The molecule has 0 radical (unpaired) electrons. The Kier molecular flexibility index (Phi) is 4.84. The summed E-state index contributed by atoms with van der Waals surface area (Å²) in [5.74, 6) is 0.867. The highest BCUT2D eigenvalue weighted by Crippen LogP contribution is 2.69. The van der Waals surface area contributed by atoms with Crippen molar-refractivity contribution in [2.75, 3.05) is 0 Å². The van der Waals surface area contributed by atoms with Gasteiger partial charge in [-0.2, -0.15) is 5.10 Å². The van der Waals surface area contributed by atoms with E-state index in [2.05, 4.69) is 17.5 Å². The van der Waals surface area contributed by atoms with Crippen molar-refractivity contribution in [1.29, 1.82) is 5.41 Å². The molecule has 4 aliphatic rings. The van der Waals surface area contributed by atoms with Crippen molar-refractivity contribution in [2.24, 2.45) is 39.4 Å². The summed E-state index contributed by atoms with van der Waals surface area (Å²) < 4.78 is 0. The van der Waals surface area contributed by atoms with Crippen LogP contribution in [0.1, 0.15) is 78.6 Å². The molecule has 0 aromatic heterocycles. The zero-order chi connectivity index (χ0) is 21.2. The lowest BCUT2D eigenvalue weighted by atomic mass is 9.43. The van der Waals surface area contributed by atoms with E-state index in [0.29, 0.717) is 30.4 Å². The largest absolute Gasteiger partial charge is 0.393 e. The number of fused-ring (bicyclic) bond motifs is 5. The molecule has 7 nitrogen and oxygen atoms in total. The molecule has 4 aliphatic carbocycles. The molecule has 0 aliphatic heterocycles. The van der Waals surface area contributed by atoms with Crippen LogP contribution in [0.4, 0.5) is 0 Å². The molecule has 0 aromatic rings. The second-order valence-corrected chi connectivity index (χ2v) is 10.8. The zero-order valence-electron chi connectivity index (χ0n) is 18.0. The molecule has 0 spiro atoms. The Hall–Kier alpha value is -1.18. The first-order valence-electron chi connectivity index (χ1n) is 11.3. The van der Waals surface area contributed by atoms with Crippen LogP contribution in [0, 0.1) is 34.0 Å². The van der Waals surface area contributed by atoms with Gasteiger partial charge in [-0.3, -0.25) is 5.41 Å². The standard InChI is InChI=1S/C22H38N4O3/c1-13(25-26-18(23)24)21(28)10-11-22(29)17-5-4-14-12-15(27)6-8-19(14,2)16(17)7-9-20(21,22)3/h14-17,27-29H,4-12H2,1-3H3,(H4,23,24,26)/b25-13+/t14-,15+,16+,17-,19+,20-,21+,22+/m1/s1. The average Bonchev–Trinajstić information content (AvgIpc) is 2.89. The molecular weight excluding hydrogens is 368 g/mol. The number of hydrogen-bond acceptors (Lipinski definition) is 5. The third kappa shape index (κ3) is 2.73. The summed E-state index contributed by atoms with van der Waals surface area (Å²) in [4.78, 5) is 0. The van der Waals surface area contributed by atoms with Gasteiger partial charge in [0.05, 0.1) is 17.4 Å². The van der Waals surface area contributed by atoms with Crippen molar-refractivity contribution in [3.05, 3.63) is 0 Å². The normalized spacial score (nSPS) is 52.3. The van der Waals surface area contributed by atoms with Crippen LogP contribution in [-0.2, 0) is 0 Å². The lowest BCUT2D eigenvalue weighted by Gasteiger charge is -2.64. The Morgan fingerprint density at radius 3 is 2.45 bits per heavy atom. The van der Waals surface area contributed by atoms with Crippen molar-refractivity contribution in [1.82, 2.24) is 5.43 Å². The molecule has 0 bridgehead atoms. The van der Waals surface area contributed by atoms with E-state index in [1.165, 1.54) is 0 Å². The lowest BCUT2D eigenvalue weighted by molar-refractivity contribution is -0.224. The topological polar surface area (TPSA) is 135 Å². The first-order chi connectivity index (χ1) is 13.5. The summed E-state index contributed by atoms with van der Waals surface area (Å²) in [5.41, 5.74) is 5.66. The maximum Gasteiger partial charge on any atom is 0.206 e. The van der Waals surface area contributed by atoms with Gasteiger partial charge in [-0.05, 0) is 87.9 Å². The van der Waals surface area contributed by atoms with Crippen LogP contribution >= 0.6 is 0 Å². The van der Waals surface area contributed by atoms with E-state index in [1.54, 1.807) is 6.92 Å². The van der Waals surface area contributed by atoms with E-state index in [-0.39, 0.29) is 23.4 Å². The van der Waals surface area contributed by atoms with E-state index in [9.17, 15) is 15.3 Å². The highest BCUT2D eigenvalue weighted by atomic mass is 16.3. The number of nitrogens with one attached hydrogen (secondary N) is 2. The summed E-state index contributed by atoms with van der Waals surface area (Å²) in [6, 6.07) is 0. The number of nitrogens with two attached hydrogens (primary N) is 1. The summed E-state index contributed by atoms with van der Waals surface area (Å²) in [7, 11) is 0. The second kappa shape index (κ2) is 6.66. The average molecular weight is 407 g/mol.